The van der Waals surface area contributed by atoms with Crippen LogP contribution in [0.25, 0.3) is 0 Å². The molecule has 18 heavy (non-hydrogen) atoms. The number of hydrogen-bond donors (Lipinski definition) is 1. The van der Waals surface area contributed by atoms with Gasteiger partial charge in [-0.3, -0.25) is 10.0 Å². The minimum Gasteiger partial charge on any atom is -0.275 e. The summed E-state index contributed by atoms with van der Waals surface area (Å²) >= 11 is 0. The highest BCUT2D eigenvalue weighted by atomic mass is 15.8. The Morgan fingerprint density at radius 1 is 1.17 bits per heavy atom. The molecule has 2 rings (SSSR count). The van der Waals surface area contributed by atoms with Gasteiger partial charge in [-0.05, 0) is 19.8 Å². The smallest absolute Gasteiger partial charge is 0.134 e. The van der Waals surface area contributed by atoms with E-state index in [1.54, 1.807) is 0 Å². The number of rotatable bonds is 6. The van der Waals surface area contributed by atoms with Crippen LogP contribution in [-0.4, -0.2) is 40.5 Å². The van der Waals surface area contributed by atoms with Crippen molar-refractivity contribution in [2.75, 3.05) is 6.54 Å². The molecule has 0 spiro atoms. The first kappa shape index (κ1) is 13.8. The Hall–Kier alpha value is -0.610. The normalized spacial score (nSPS) is 31.9. The number of likely N-dealkylation sites (N-methyl/N-ethyl adjacent to an activating group) is 1. The standard InChI is InChI=1S/C14H28N4/c1-5-8-10-12-11(4)15-14-13(9-6-2)17(7-3)16-18(12)14/h11-13,16H,5-10H2,1-4H3. The Balaban J connectivity index is 2.09. The first-order valence-corrected chi connectivity index (χ1v) is 7.62. The number of hydrazine groups is 2. The van der Waals surface area contributed by atoms with Gasteiger partial charge in [0.1, 0.15) is 5.84 Å². The molecule has 0 aromatic carbocycles. The molecule has 0 aliphatic carbocycles. The molecule has 3 atom stereocenters. The van der Waals surface area contributed by atoms with Gasteiger partial charge in [-0.2, -0.15) is 5.53 Å². The van der Waals surface area contributed by atoms with Crippen LogP contribution in [0.15, 0.2) is 4.99 Å². The van der Waals surface area contributed by atoms with E-state index in [1.807, 2.05) is 0 Å². The second-order valence-corrected chi connectivity index (χ2v) is 5.50. The lowest BCUT2D eigenvalue weighted by Gasteiger charge is -2.27. The van der Waals surface area contributed by atoms with Crippen LogP contribution < -0.4 is 5.53 Å². The topological polar surface area (TPSA) is 30.9 Å². The van der Waals surface area contributed by atoms with E-state index in [0.717, 1.165) is 6.54 Å². The van der Waals surface area contributed by atoms with E-state index in [9.17, 15) is 0 Å². The molecule has 0 aromatic heterocycles. The second-order valence-electron chi connectivity index (χ2n) is 5.50. The number of nitrogens with zero attached hydrogens (tertiary/aromatic N) is 3. The average molecular weight is 252 g/mol. The summed E-state index contributed by atoms with van der Waals surface area (Å²) in [6.07, 6.45) is 6.21. The number of aliphatic imine (C=N–C) groups is 1. The highest BCUT2D eigenvalue weighted by Crippen LogP contribution is 2.28. The molecule has 0 amide bonds. The lowest BCUT2D eigenvalue weighted by atomic mass is 10.0. The molecule has 2 aliphatic rings. The molecule has 0 radical (unpaired) electrons. The van der Waals surface area contributed by atoms with E-state index in [4.69, 9.17) is 4.99 Å². The third-order valence-corrected chi connectivity index (χ3v) is 4.14. The van der Waals surface area contributed by atoms with Crippen molar-refractivity contribution in [1.82, 2.24) is 15.6 Å². The van der Waals surface area contributed by atoms with Crippen LogP contribution in [0.2, 0.25) is 0 Å². The number of amidine groups is 1. The van der Waals surface area contributed by atoms with Gasteiger partial charge in [-0.25, -0.2) is 5.01 Å². The SMILES string of the molecule is CCCCC1C(C)N=C2C(CCC)N(CC)NN21. The van der Waals surface area contributed by atoms with Gasteiger partial charge in [0.2, 0.25) is 0 Å². The minimum atomic E-state index is 0.442. The van der Waals surface area contributed by atoms with Gasteiger partial charge in [0.05, 0.1) is 18.1 Å². The van der Waals surface area contributed by atoms with E-state index in [2.05, 4.69) is 43.2 Å². The average Bonchev–Trinajstić information content (AvgIpc) is 2.84. The van der Waals surface area contributed by atoms with Crippen LogP contribution in [-0.2, 0) is 0 Å². The summed E-state index contributed by atoms with van der Waals surface area (Å²) in [5, 5.41) is 4.69. The zero-order valence-electron chi connectivity index (χ0n) is 12.3. The van der Waals surface area contributed by atoms with Gasteiger partial charge in [0.25, 0.3) is 0 Å². The van der Waals surface area contributed by atoms with Gasteiger partial charge in [0.15, 0.2) is 0 Å². The molecule has 0 aromatic rings. The fraction of sp³-hybridized carbons (Fsp3) is 0.929. The minimum absolute atomic E-state index is 0.442. The fourth-order valence-electron chi connectivity index (χ4n) is 3.09. The van der Waals surface area contributed by atoms with E-state index < -0.39 is 0 Å². The summed E-state index contributed by atoms with van der Waals surface area (Å²) in [6, 6.07) is 1.47. The van der Waals surface area contributed by atoms with Crippen molar-refractivity contribution in [1.29, 1.82) is 0 Å². The molecule has 1 N–H and O–H groups in total. The van der Waals surface area contributed by atoms with Crippen molar-refractivity contribution >= 4 is 5.84 Å². The molecular weight excluding hydrogens is 224 g/mol. The van der Waals surface area contributed by atoms with Gasteiger partial charge in [-0.1, -0.05) is 40.0 Å². The van der Waals surface area contributed by atoms with E-state index in [-0.39, 0.29) is 0 Å². The number of nitrogens with one attached hydrogen (secondary N) is 1. The molecule has 4 heteroatoms. The van der Waals surface area contributed by atoms with E-state index in [0.29, 0.717) is 18.1 Å². The molecule has 1 saturated heterocycles. The Kier molecular flexibility index (Phi) is 4.62. The Labute approximate surface area is 111 Å². The Bertz CT molecular complexity index is 302. The lowest BCUT2D eigenvalue weighted by molar-refractivity contribution is 0.0821. The van der Waals surface area contributed by atoms with Crippen LogP contribution in [0.5, 0.6) is 0 Å². The van der Waals surface area contributed by atoms with Crippen LogP contribution in [0.1, 0.15) is 59.8 Å². The fourth-order valence-corrected chi connectivity index (χ4v) is 3.09. The monoisotopic (exact) mass is 252 g/mol. The quantitative estimate of drug-likeness (QED) is 0.788. The van der Waals surface area contributed by atoms with Crippen molar-refractivity contribution in [3.8, 4) is 0 Å². The zero-order chi connectivity index (χ0) is 13.1. The summed E-state index contributed by atoms with van der Waals surface area (Å²) in [4.78, 5) is 4.92. The third-order valence-electron chi connectivity index (χ3n) is 4.14. The first-order chi connectivity index (χ1) is 8.72. The Morgan fingerprint density at radius 2 is 1.94 bits per heavy atom. The molecule has 1 fully saturated rings. The second kappa shape index (κ2) is 6.02. The lowest BCUT2D eigenvalue weighted by Crippen LogP contribution is -2.47. The molecule has 0 bridgehead atoms. The van der Waals surface area contributed by atoms with Crippen LogP contribution in [0, 0.1) is 0 Å². The highest BCUT2D eigenvalue weighted by molar-refractivity contribution is 5.90. The molecule has 104 valence electrons. The molecule has 4 nitrogen and oxygen atoms in total. The highest BCUT2D eigenvalue weighted by Gasteiger charge is 2.44. The third kappa shape index (κ3) is 2.41. The summed E-state index contributed by atoms with van der Waals surface area (Å²) in [7, 11) is 0. The van der Waals surface area contributed by atoms with Gasteiger partial charge in [-0.15, -0.1) is 0 Å². The van der Waals surface area contributed by atoms with E-state index >= 15 is 0 Å². The van der Waals surface area contributed by atoms with E-state index in [1.165, 1.54) is 37.9 Å². The van der Waals surface area contributed by atoms with Gasteiger partial charge < -0.3 is 0 Å². The molecule has 3 unspecified atom stereocenters. The van der Waals surface area contributed by atoms with Crippen molar-refractivity contribution in [3.63, 3.8) is 0 Å². The maximum Gasteiger partial charge on any atom is 0.134 e. The molecule has 2 aliphatic heterocycles. The summed E-state index contributed by atoms with van der Waals surface area (Å²) < 4.78 is 0. The molecule has 2 heterocycles. The van der Waals surface area contributed by atoms with Crippen LogP contribution in [0.3, 0.4) is 0 Å². The maximum atomic E-state index is 4.92. The molecular formula is C14H28N4. The number of hydrogen-bond acceptors (Lipinski definition) is 4. The zero-order valence-corrected chi connectivity index (χ0v) is 12.3. The summed E-state index contributed by atoms with van der Waals surface area (Å²) in [5.41, 5.74) is 3.56. The maximum absolute atomic E-state index is 4.92. The van der Waals surface area contributed by atoms with Crippen molar-refractivity contribution < 1.29 is 0 Å². The number of unbranched alkanes of at least 4 members (excludes halogenated alkanes) is 1. The Morgan fingerprint density at radius 3 is 2.56 bits per heavy atom. The molecule has 0 saturated carbocycles. The van der Waals surface area contributed by atoms with Crippen LogP contribution in [0.4, 0.5) is 0 Å². The van der Waals surface area contributed by atoms with Crippen LogP contribution >= 0.6 is 0 Å². The van der Waals surface area contributed by atoms with Crippen molar-refractivity contribution in [2.24, 2.45) is 4.99 Å². The predicted molar refractivity (Wildman–Crippen MR) is 76.3 cm³/mol. The summed E-state index contributed by atoms with van der Waals surface area (Å²) in [6.45, 7) is 10.0. The van der Waals surface area contributed by atoms with Crippen molar-refractivity contribution in [3.05, 3.63) is 0 Å². The predicted octanol–water partition coefficient (Wildman–Crippen LogP) is 2.57. The largest absolute Gasteiger partial charge is 0.275 e. The van der Waals surface area contributed by atoms with Crippen molar-refractivity contribution in [2.45, 2.75) is 77.9 Å². The number of fused-ring (bicyclic) bond motifs is 1. The first-order valence-electron chi connectivity index (χ1n) is 7.62. The van der Waals surface area contributed by atoms with Gasteiger partial charge >= 0.3 is 0 Å². The van der Waals surface area contributed by atoms with Gasteiger partial charge in [0, 0.05) is 6.54 Å². The summed E-state index contributed by atoms with van der Waals surface area (Å²) in [5.74, 6) is 1.28.